The monoisotopic (exact) mass is 341 g/mol. The third-order valence-corrected chi connectivity index (χ3v) is 4.60. The quantitative estimate of drug-likeness (QED) is 0.790. The number of halogens is 1. The van der Waals surface area contributed by atoms with Crippen molar-refractivity contribution < 1.29 is 14.3 Å². The van der Waals surface area contributed by atoms with E-state index in [-0.39, 0.29) is 11.9 Å². The summed E-state index contributed by atoms with van der Waals surface area (Å²) in [6.07, 6.45) is 1.04. The maximum Gasteiger partial charge on any atom is 0.257 e. The summed E-state index contributed by atoms with van der Waals surface area (Å²) in [6.45, 7) is 2.98. The molecule has 1 amide bonds. The van der Waals surface area contributed by atoms with Crippen LogP contribution in [0, 0.1) is 5.92 Å². The Kier molecular flexibility index (Phi) is 4.91. The van der Waals surface area contributed by atoms with Crippen LogP contribution in [0.15, 0.2) is 18.2 Å². The molecule has 1 aromatic rings. The Bertz CT molecular complexity index is 492. The zero-order chi connectivity index (χ0) is 14.7. The second kappa shape index (κ2) is 6.48. The summed E-state index contributed by atoms with van der Waals surface area (Å²) < 4.78 is 10.5. The third-order valence-electron chi connectivity index (χ3n) is 3.94. The minimum atomic E-state index is 0.0262. The number of carbonyl (C=O) groups is 1. The highest BCUT2D eigenvalue weighted by Crippen LogP contribution is 2.31. The van der Waals surface area contributed by atoms with E-state index in [1.165, 1.54) is 0 Å². The van der Waals surface area contributed by atoms with Gasteiger partial charge in [0.2, 0.25) is 0 Å². The summed E-state index contributed by atoms with van der Waals surface area (Å²) in [5, 5.41) is 0.804. The van der Waals surface area contributed by atoms with Gasteiger partial charge in [0, 0.05) is 24.0 Å². The average Bonchev–Trinajstić information content (AvgIpc) is 2.86. The van der Waals surface area contributed by atoms with Gasteiger partial charge in [-0.15, -0.1) is 0 Å². The smallest absolute Gasteiger partial charge is 0.257 e. The molecule has 5 heteroatoms. The first-order chi connectivity index (χ1) is 9.62. The van der Waals surface area contributed by atoms with Crippen LogP contribution in [-0.2, 0) is 0 Å². The molecule has 2 atom stereocenters. The Morgan fingerprint density at radius 2 is 2.15 bits per heavy atom. The summed E-state index contributed by atoms with van der Waals surface area (Å²) in [7, 11) is 3.17. The first-order valence-corrected chi connectivity index (χ1v) is 7.83. The molecule has 1 fully saturated rings. The van der Waals surface area contributed by atoms with E-state index in [1.54, 1.807) is 32.4 Å². The molecule has 1 aliphatic heterocycles. The molecule has 1 aliphatic rings. The van der Waals surface area contributed by atoms with Crippen molar-refractivity contribution in [2.75, 3.05) is 26.1 Å². The lowest BCUT2D eigenvalue weighted by atomic mass is 10.0. The minimum absolute atomic E-state index is 0.0262. The van der Waals surface area contributed by atoms with E-state index in [4.69, 9.17) is 9.47 Å². The third kappa shape index (κ3) is 2.77. The molecule has 4 nitrogen and oxygen atoms in total. The summed E-state index contributed by atoms with van der Waals surface area (Å²) >= 11 is 3.51. The Balaban J connectivity index is 2.29. The molecular formula is C15H20BrNO3. The Hall–Kier alpha value is -1.23. The van der Waals surface area contributed by atoms with Gasteiger partial charge in [0.05, 0.1) is 19.8 Å². The number of likely N-dealkylation sites (tertiary alicyclic amines) is 1. The fourth-order valence-electron chi connectivity index (χ4n) is 2.63. The van der Waals surface area contributed by atoms with Gasteiger partial charge in [-0.3, -0.25) is 4.79 Å². The first-order valence-electron chi connectivity index (χ1n) is 6.71. The lowest BCUT2D eigenvalue weighted by Crippen LogP contribution is -2.38. The van der Waals surface area contributed by atoms with Gasteiger partial charge in [0.15, 0.2) is 0 Å². The van der Waals surface area contributed by atoms with Crippen LogP contribution in [0.1, 0.15) is 23.7 Å². The van der Waals surface area contributed by atoms with Gasteiger partial charge in [-0.2, -0.15) is 0 Å². The number of ether oxygens (including phenoxy) is 2. The maximum absolute atomic E-state index is 12.7. The SMILES string of the molecule is COc1ccc(C(=O)N2CCC(C)C2CBr)c(OC)c1. The number of benzene rings is 1. The minimum Gasteiger partial charge on any atom is -0.497 e. The van der Waals surface area contributed by atoms with Gasteiger partial charge >= 0.3 is 0 Å². The van der Waals surface area contributed by atoms with Crippen molar-refractivity contribution in [2.45, 2.75) is 19.4 Å². The highest BCUT2D eigenvalue weighted by Gasteiger charge is 2.34. The summed E-state index contributed by atoms with van der Waals surface area (Å²) in [5.41, 5.74) is 0.591. The molecule has 20 heavy (non-hydrogen) atoms. The second-order valence-corrected chi connectivity index (χ2v) is 5.70. The van der Waals surface area contributed by atoms with Gasteiger partial charge in [0.25, 0.3) is 5.91 Å². The molecule has 2 unspecified atom stereocenters. The molecule has 0 bridgehead atoms. The van der Waals surface area contributed by atoms with E-state index < -0.39 is 0 Å². The molecule has 2 rings (SSSR count). The fraction of sp³-hybridized carbons (Fsp3) is 0.533. The largest absolute Gasteiger partial charge is 0.497 e. The van der Waals surface area contributed by atoms with E-state index >= 15 is 0 Å². The van der Waals surface area contributed by atoms with Crippen molar-refractivity contribution in [3.63, 3.8) is 0 Å². The van der Waals surface area contributed by atoms with Crippen LogP contribution < -0.4 is 9.47 Å². The molecular weight excluding hydrogens is 322 g/mol. The molecule has 1 heterocycles. The normalized spacial score (nSPS) is 21.9. The predicted molar refractivity (Wildman–Crippen MR) is 81.9 cm³/mol. The van der Waals surface area contributed by atoms with Crippen LogP contribution >= 0.6 is 15.9 Å². The van der Waals surface area contributed by atoms with Crippen LogP contribution in [0.4, 0.5) is 0 Å². The molecule has 1 saturated heterocycles. The number of amides is 1. The Morgan fingerprint density at radius 3 is 2.75 bits per heavy atom. The number of carbonyl (C=O) groups excluding carboxylic acids is 1. The topological polar surface area (TPSA) is 38.8 Å². The number of rotatable bonds is 4. The van der Waals surface area contributed by atoms with Crippen molar-refractivity contribution in [3.8, 4) is 11.5 Å². The van der Waals surface area contributed by atoms with E-state index in [0.29, 0.717) is 23.0 Å². The number of hydrogen-bond donors (Lipinski definition) is 0. The molecule has 0 spiro atoms. The van der Waals surface area contributed by atoms with Crippen molar-refractivity contribution in [2.24, 2.45) is 5.92 Å². The van der Waals surface area contributed by atoms with Gasteiger partial charge in [-0.25, -0.2) is 0 Å². The van der Waals surface area contributed by atoms with Gasteiger partial charge in [-0.05, 0) is 24.5 Å². The van der Waals surface area contributed by atoms with Crippen LogP contribution in [0.5, 0.6) is 11.5 Å². The summed E-state index contributed by atoms with van der Waals surface area (Å²) in [5.74, 6) is 1.79. The van der Waals surface area contributed by atoms with Gasteiger partial charge in [-0.1, -0.05) is 22.9 Å². The zero-order valence-electron chi connectivity index (χ0n) is 12.1. The molecule has 110 valence electrons. The van der Waals surface area contributed by atoms with Gasteiger partial charge in [0.1, 0.15) is 11.5 Å². The number of alkyl halides is 1. The van der Waals surface area contributed by atoms with Crippen LogP contribution in [0.25, 0.3) is 0 Å². The highest BCUT2D eigenvalue weighted by molar-refractivity contribution is 9.09. The maximum atomic E-state index is 12.7. The predicted octanol–water partition coefficient (Wildman–Crippen LogP) is 2.95. The van der Waals surface area contributed by atoms with Gasteiger partial charge < -0.3 is 14.4 Å². The molecule has 1 aromatic carbocycles. The van der Waals surface area contributed by atoms with Crippen molar-refractivity contribution in [1.29, 1.82) is 0 Å². The molecule has 0 saturated carbocycles. The Labute approximate surface area is 128 Å². The average molecular weight is 342 g/mol. The zero-order valence-corrected chi connectivity index (χ0v) is 13.6. The lowest BCUT2D eigenvalue weighted by molar-refractivity contribution is 0.0735. The number of hydrogen-bond acceptors (Lipinski definition) is 3. The van der Waals surface area contributed by atoms with Crippen LogP contribution in [0.3, 0.4) is 0 Å². The Morgan fingerprint density at radius 1 is 1.40 bits per heavy atom. The van der Waals surface area contributed by atoms with Crippen LogP contribution in [-0.4, -0.2) is 42.9 Å². The summed E-state index contributed by atoms with van der Waals surface area (Å²) in [6, 6.07) is 5.55. The van der Waals surface area contributed by atoms with E-state index in [2.05, 4.69) is 22.9 Å². The van der Waals surface area contributed by atoms with Crippen molar-refractivity contribution >= 4 is 21.8 Å². The lowest BCUT2D eigenvalue weighted by Gasteiger charge is -2.26. The van der Waals surface area contributed by atoms with E-state index in [9.17, 15) is 4.79 Å². The standard InChI is InChI=1S/C15H20BrNO3/c1-10-6-7-17(13(10)9-16)15(18)12-5-4-11(19-2)8-14(12)20-3/h4-5,8,10,13H,6-7,9H2,1-3H3. The number of nitrogens with zero attached hydrogens (tertiary/aromatic N) is 1. The molecule has 0 radical (unpaired) electrons. The van der Waals surface area contributed by atoms with Crippen LogP contribution in [0.2, 0.25) is 0 Å². The summed E-state index contributed by atoms with van der Waals surface area (Å²) in [4.78, 5) is 14.7. The number of methoxy groups -OCH3 is 2. The fourth-order valence-corrected chi connectivity index (χ4v) is 3.61. The van der Waals surface area contributed by atoms with Crippen molar-refractivity contribution in [3.05, 3.63) is 23.8 Å². The van der Waals surface area contributed by atoms with E-state index in [0.717, 1.165) is 18.3 Å². The molecule has 0 aromatic heterocycles. The first kappa shape index (κ1) is 15.2. The van der Waals surface area contributed by atoms with E-state index in [1.807, 2.05) is 4.90 Å². The second-order valence-electron chi connectivity index (χ2n) is 5.05. The highest BCUT2D eigenvalue weighted by atomic mass is 79.9. The molecule has 0 aliphatic carbocycles. The van der Waals surface area contributed by atoms with Crippen molar-refractivity contribution in [1.82, 2.24) is 4.90 Å². The molecule has 0 N–H and O–H groups in total.